The number of carbonyl (C=O) groups is 1. The highest BCUT2D eigenvalue weighted by molar-refractivity contribution is 5.82. The van der Waals surface area contributed by atoms with Crippen LogP contribution in [-0.4, -0.2) is 51.2 Å². The van der Waals surface area contributed by atoms with Gasteiger partial charge < -0.3 is 14.8 Å². The summed E-state index contributed by atoms with van der Waals surface area (Å²) < 4.78 is 2.29. The van der Waals surface area contributed by atoms with E-state index in [9.17, 15) is 4.79 Å². The highest BCUT2D eigenvalue weighted by Crippen LogP contribution is 2.29. The molecule has 2 fully saturated rings. The Morgan fingerprint density at radius 1 is 1.09 bits per heavy atom. The topological polar surface area (TPSA) is 63.1 Å². The number of piperidine rings is 2. The van der Waals surface area contributed by atoms with E-state index in [0.717, 1.165) is 63.5 Å². The summed E-state index contributed by atoms with van der Waals surface area (Å²) in [5, 5.41) is 12.1. The summed E-state index contributed by atoms with van der Waals surface area (Å²) in [6.07, 6.45) is 7.77. The highest BCUT2D eigenvalue weighted by Gasteiger charge is 2.33. The van der Waals surface area contributed by atoms with E-state index in [4.69, 9.17) is 0 Å². The monoisotopic (exact) mass is 303 g/mol. The predicted octanol–water partition coefficient (Wildman–Crippen LogP) is 1.07. The summed E-state index contributed by atoms with van der Waals surface area (Å²) in [4.78, 5) is 14.8. The lowest BCUT2D eigenvalue weighted by Gasteiger charge is -2.35. The van der Waals surface area contributed by atoms with E-state index in [1.54, 1.807) is 0 Å². The number of hydrogen-bond acceptors (Lipinski definition) is 4. The number of hydrogen-bond donors (Lipinski definition) is 1. The number of fused-ring (bicyclic) bond motifs is 1. The van der Waals surface area contributed by atoms with Crippen molar-refractivity contribution in [2.45, 2.75) is 63.5 Å². The van der Waals surface area contributed by atoms with Crippen molar-refractivity contribution >= 4 is 5.91 Å². The molecule has 3 aliphatic rings. The second kappa shape index (κ2) is 5.99. The molecule has 1 N–H and O–H groups in total. The van der Waals surface area contributed by atoms with E-state index in [0.29, 0.717) is 11.8 Å². The van der Waals surface area contributed by atoms with E-state index in [-0.39, 0.29) is 6.04 Å². The Bertz CT molecular complexity index is 549. The summed E-state index contributed by atoms with van der Waals surface area (Å²) in [6, 6.07) is 0.0385. The average molecular weight is 303 g/mol. The minimum Gasteiger partial charge on any atom is -0.341 e. The summed E-state index contributed by atoms with van der Waals surface area (Å²) in [5.74, 6) is 2.90. The fraction of sp³-hybridized carbons (Fsp3) is 0.812. The molecule has 120 valence electrons. The Hall–Kier alpha value is -1.43. The van der Waals surface area contributed by atoms with Crippen LogP contribution in [0.5, 0.6) is 0 Å². The minimum atomic E-state index is 0.0385. The molecule has 0 bridgehead atoms. The van der Waals surface area contributed by atoms with E-state index < -0.39 is 0 Å². The van der Waals surface area contributed by atoms with Gasteiger partial charge in [-0.15, -0.1) is 10.2 Å². The molecule has 2 saturated heterocycles. The molecule has 0 saturated carbocycles. The number of likely N-dealkylation sites (tertiary alicyclic amines) is 1. The van der Waals surface area contributed by atoms with Gasteiger partial charge in [0, 0.05) is 32.0 Å². The van der Waals surface area contributed by atoms with E-state index in [2.05, 4.69) is 25.0 Å². The molecule has 22 heavy (non-hydrogen) atoms. The normalized spacial score (nSPS) is 28.6. The Balaban J connectivity index is 1.46. The average Bonchev–Trinajstić information content (AvgIpc) is 3.18. The van der Waals surface area contributed by atoms with Gasteiger partial charge in [-0.2, -0.15) is 0 Å². The summed E-state index contributed by atoms with van der Waals surface area (Å²) in [5.41, 5.74) is 0. The van der Waals surface area contributed by atoms with Crippen LogP contribution >= 0.6 is 0 Å². The third-order valence-electron chi connectivity index (χ3n) is 5.34. The lowest BCUT2D eigenvalue weighted by molar-refractivity contribution is -0.135. The summed E-state index contributed by atoms with van der Waals surface area (Å²) in [7, 11) is 0. The second-order valence-corrected chi connectivity index (χ2v) is 6.86. The molecule has 2 unspecified atom stereocenters. The Kier molecular flexibility index (Phi) is 3.86. The lowest BCUT2D eigenvalue weighted by Crippen LogP contribution is -2.51. The molecule has 1 amide bonds. The van der Waals surface area contributed by atoms with Crippen molar-refractivity contribution in [3.05, 3.63) is 11.6 Å². The number of nitrogens with one attached hydrogen (secondary N) is 1. The number of aryl methyl sites for hydroxylation is 1. The number of aromatic nitrogens is 3. The van der Waals surface area contributed by atoms with Crippen molar-refractivity contribution in [3.63, 3.8) is 0 Å². The van der Waals surface area contributed by atoms with Gasteiger partial charge in [-0.3, -0.25) is 4.79 Å². The molecule has 3 aliphatic heterocycles. The van der Waals surface area contributed by atoms with Gasteiger partial charge in [0.25, 0.3) is 0 Å². The SMILES string of the molecule is O=C(C1CCCCN1)N1CCCC(c2nnc3n2CCC3)C1. The maximum Gasteiger partial charge on any atom is 0.239 e. The molecule has 6 nitrogen and oxygen atoms in total. The third-order valence-corrected chi connectivity index (χ3v) is 5.34. The Morgan fingerprint density at radius 3 is 2.91 bits per heavy atom. The second-order valence-electron chi connectivity index (χ2n) is 6.86. The van der Waals surface area contributed by atoms with Gasteiger partial charge in [-0.1, -0.05) is 6.42 Å². The largest absolute Gasteiger partial charge is 0.341 e. The maximum atomic E-state index is 12.7. The van der Waals surface area contributed by atoms with E-state index >= 15 is 0 Å². The molecule has 0 aliphatic carbocycles. The number of rotatable bonds is 2. The lowest BCUT2D eigenvalue weighted by atomic mass is 9.95. The van der Waals surface area contributed by atoms with Crippen LogP contribution in [-0.2, 0) is 17.8 Å². The zero-order valence-electron chi connectivity index (χ0n) is 13.1. The van der Waals surface area contributed by atoms with Gasteiger partial charge in [0.2, 0.25) is 5.91 Å². The molecule has 0 aromatic carbocycles. The van der Waals surface area contributed by atoms with E-state index in [1.165, 1.54) is 19.3 Å². The van der Waals surface area contributed by atoms with Crippen molar-refractivity contribution < 1.29 is 4.79 Å². The van der Waals surface area contributed by atoms with Gasteiger partial charge in [-0.05, 0) is 38.6 Å². The van der Waals surface area contributed by atoms with Crippen molar-refractivity contribution in [1.29, 1.82) is 0 Å². The van der Waals surface area contributed by atoms with Crippen LogP contribution in [0, 0.1) is 0 Å². The summed E-state index contributed by atoms with van der Waals surface area (Å²) in [6.45, 7) is 3.74. The van der Waals surface area contributed by atoms with Crippen LogP contribution in [0.25, 0.3) is 0 Å². The van der Waals surface area contributed by atoms with Gasteiger partial charge in [0.1, 0.15) is 11.6 Å². The minimum absolute atomic E-state index is 0.0385. The number of carbonyl (C=O) groups excluding carboxylic acids is 1. The zero-order valence-corrected chi connectivity index (χ0v) is 13.1. The van der Waals surface area contributed by atoms with Crippen molar-refractivity contribution in [2.75, 3.05) is 19.6 Å². The Labute approximate surface area is 131 Å². The van der Waals surface area contributed by atoms with Gasteiger partial charge in [0.05, 0.1) is 6.04 Å². The fourth-order valence-corrected chi connectivity index (χ4v) is 4.15. The molecule has 4 heterocycles. The first-order valence-corrected chi connectivity index (χ1v) is 8.77. The van der Waals surface area contributed by atoms with Crippen LogP contribution in [0.3, 0.4) is 0 Å². The molecular formula is C16H25N5O. The van der Waals surface area contributed by atoms with Crippen LogP contribution in [0.2, 0.25) is 0 Å². The number of nitrogens with zero attached hydrogens (tertiary/aromatic N) is 4. The zero-order chi connectivity index (χ0) is 14.9. The van der Waals surface area contributed by atoms with Crippen LogP contribution in [0.1, 0.15) is 56.1 Å². The molecule has 1 aromatic heterocycles. The van der Waals surface area contributed by atoms with Gasteiger partial charge in [0.15, 0.2) is 0 Å². The molecule has 1 aromatic rings. The van der Waals surface area contributed by atoms with Gasteiger partial charge >= 0.3 is 0 Å². The first-order valence-electron chi connectivity index (χ1n) is 8.77. The smallest absolute Gasteiger partial charge is 0.239 e. The standard InChI is InChI=1S/C16H25N5O/c22-16(13-6-1-2-8-17-13)20-9-3-5-12(11-20)15-19-18-14-7-4-10-21(14)15/h12-13,17H,1-11H2. The Morgan fingerprint density at radius 2 is 2.05 bits per heavy atom. The summed E-state index contributed by atoms with van der Waals surface area (Å²) >= 11 is 0. The van der Waals surface area contributed by atoms with Crippen molar-refractivity contribution in [3.8, 4) is 0 Å². The molecule has 4 rings (SSSR count). The molecule has 0 radical (unpaired) electrons. The molecule has 0 spiro atoms. The molecule has 6 heteroatoms. The van der Waals surface area contributed by atoms with Crippen molar-refractivity contribution in [2.24, 2.45) is 0 Å². The third kappa shape index (κ3) is 2.53. The van der Waals surface area contributed by atoms with Crippen LogP contribution in [0.15, 0.2) is 0 Å². The quantitative estimate of drug-likeness (QED) is 0.888. The first kappa shape index (κ1) is 14.2. The maximum absolute atomic E-state index is 12.7. The highest BCUT2D eigenvalue weighted by atomic mass is 16.2. The van der Waals surface area contributed by atoms with Gasteiger partial charge in [-0.25, -0.2) is 0 Å². The van der Waals surface area contributed by atoms with Crippen molar-refractivity contribution in [1.82, 2.24) is 25.0 Å². The van der Waals surface area contributed by atoms with E-state index in [1.807, 2.05) is 0 Å². The first-order chi connectivity index (χ1) is 10.8. The number of amides is 1. The molecule has 2 atom stereocenters. The van der Waals surface area contributed by atoms with Crippen LogP contribution in [0.4, 0.5) is 0 Å². The fourth-order valence-electron chi connectivity index (χ4n) is 4.15. The predicted molar refractivity (Wildman–Crippen MR) is 82.5 cm³/mol. The van der Waals surface area contributed by atoms with Crippen LogP contribution < -0.4 is 5.32 Å². The molecular weight excluding hydrogens is 278 g/mol.